The Morgan fingerprint density at radius 2 is 0.622 bits per heavy atom. The molecule has 0 radical (unpaired) electrons. The minimum absolute atomic E-state index is 0. The van der Waals surface area contributed by atoms with Crippen LogP contribution in [0, 0.1) is 10.8 Å². The topological polar surface area (TPSA) is 334 Å². The van der Waals surface area contributed by atoms with E-state index >= 15 is 0 Å². The Morgan fingerprint density at radius 3 is 0.878 bits per heavy atom. The Hall–Kier alpha value is -3.67. The zero-order valence-electron chi connectivity index (χ0n) is 43.9. The quantitative estimate of drug-likeness (QED) is 0.0477. The van der Waals surface area contributed by atoms with E-state index in [1.807, 2.05) is 0 Å². The van der Waals surface area contributed by atoms with E-state index in [0.717, 1.165) is 38.5 Å². The van der Waals surface area contributed by atoms with Gasteiger partial charge in [0, 0.05) is 133 Å². The molecule has 0 aliphatic heterocycles. The average Bonchev–Trinajstić information content (AvgIpc) is 3.35. The molecule has 0 fully saturated rings. The molecule has 0 bridgehead atoms. The number of nitrogens with two attached hydrogens (primary N) is 2. The van der Waals surface area contributed by atoms with Crippen LogP contribution in [0.5, 0.6) is 0 Å². The maximum absolute atomic E-state index is 11.5. The molecule has 0 heterocycles. The SMILES string of the molecule is C.C.CCC(=O)CCOCC(COCCC(N)=O)(COCCC(N)=O)COCCC(=O)NC.CNC(=O)CCCCOCC(COCCCCC([NH-])=O)(COCCCCC(=O)NC)COCCCCC(=O)NC.[W]. The number of Topliss-reactive ketones (excluding diaryl/α,β-unsaturated/α-hetero) is 1. The zero-order chi connectivity index (χ0) is 53.4. The number of rotatable bonds is 49. The molecule has 0 rings (SSSR count). The van der Waals surface area contributed by atoms with Crippen LogP contribution < -0.4 is 32.7 Å². The number of nitrogens with one attached hydrogen (secondary N) is 5. The molecule has 436 valence electrons. The molecule has 0 unspecified atom stereocenters. The second-order valence-corrected chi connectivity index (χ2v) is 17.2. The van der Waals surface area contributed by atoms with Gasteiger partial charge in [-0.1, -0.05) is 21.8 Å². The first-order valence-electron chi connectivity index (χ1n) is 24.8. The molecule has 0 aliphatic rings. The first-order chi connectivity index (χ1) is 34.0. The predicted octanol–water partition coefficient (Wildman–Crippen LogP) is 3.10. The molecule has 0 saturated heterocycles. The van der Waals surface area contributed by atoms with Crippen molar-refractivity contribution >= 4 is 47.1 Å². The van der Waals surface area contributed by atoms with Gasteiger partial charge in [0.1, 0.15) is 5.78 Å². The number of hydrogen-bond acceptors (Lipinski definition) is 16. The summed E-state index contributed by atoms with van der Waals surface area (Å²) >= 11 is 0. The van der Waals surface area contributed by atoms with E-state index in [0.29, 0.717) is 91.4 Å². The van der Waals surface area contributed by atoms with Crippen molar-refractivity contribution in [2.45, 2.75) is 131 Å². The monoisotopic (exact) mass is 1240 g/mol. The molecule has 0 aromatic rings. The van der Waals surface area contributed by atoms with Crippen LogP contribution in [0.25, 0.3) is 5.73 Å². The number of primary amides is 2. The Morgan fingerprint density at radius 1 is 0.378 bits per heavy atom. The van der Waals surface area contributed by atoms with Gasteiger partial charge >= 0.3 is 0 Å². The summed E-state index contributed by atoms with van der Waals surface area (Å²) < 4.78 is 46.7. The second kappa shape index (κ2) is 54.1. The summed E-state index contributed by atoms with van der Waals surface area (Å²) in [7, 11) is 6.40. The summed E-state index contributed by atoms with van der Waals surface area (Å²) in [5.74, 6) is -1.61. The molecule has 0 spiro atoms. The summed E-state index contributed by atoms with van der Waals surface area (Å²) in [6, 6.07) is 0. The van der Waals surface area contributed by atoms with E-state index in [4.69, 9.17) is 55.1 Å². The molecule has 0 aromatic heterocycles. The van der Waals surface area contributed by atoms with Gasteiger partial charge < -0.3 is 81.2 Å². The minimum atomic E-state index is -0.784. The Bertz CT molecular complexity index is 1350. The largest absolute Gasteiger partial charge is 0.668 e. The summed E-state index contributed by atoms with van der Waals surface area (Å²) in [5.41, 5.74) is 16.0. The fourth-order valence-corrected chi connectivity index (χ4v) is 6.14. The molecular weight excluding hydrogens is 1140 g/mol. The van der Waals surface area contributed by atoms with Gasteiger partial charge in [0.15, 0.2) is 0 Å². The van der Waals surface area contributed by atoms with Crippen LogP contribution in [0.4, 0.5) is 0 Å². The molecule has 7 amide bonds. The van der Waals surface area contributed by atoms with Gasteiger partial charge in [0.25, 0.3) is 0 Å². The van der Waals surface area contributed by atoms with Crippen molar-refractivity contribution in [3.63, 3.8) is 0 Å². The third-order valence-electron chi connectivity index (χ3n) is 10.5. The van der Waals surface area contributed by atoms with Gasteiger partial charge in [-0.15, -0.1) is 0 Å². The Kier molecular flexibility index (Phi) is 57.9. The molecular formula is C50H98N7O16W-. The molecule has 0 aromatic carbocycles. The Labute approximate surface area is 456 Å². The molecule has 9 N–H and O–H groups in total. The van der Waals surface area contributed by atoms with Crippen molar-refractivity contribution < 1.29 is 97.3 Å². The molecule has 0 atom stereocenters. The van der Waals surface area contributed by atoms with Gasteiger partial charge in [-0.2, -0.15) is 0 Å². The fourth-order valence-electron chi connectivity index (χ4n) is 6.14. The van der Waals surface area contributed by atoms with E-state index in [1.54, 1.807) is 28.1 Å². The van der Waals surface area contributed by atoms with Crippen LogP contribution in [-0.2, 0) is 97.3 Å². The van der Waals surface area contributed by atoms with Crippen molar-refractivity contribution in [2.24, 2.45) is 22.3 Å². The van der Waals surface area contributed by atoms with Crippen molar-refractivity contribution in [2.75, 3.05) is 134 Å². The molecule has 0 aliphatic carbocycles. The predicted molar refractivity (Wildman–Crippen MR) is 278 cm³/mol. The number of ketones is 1. The van der Waals surface area contributed by atoms with E-state index in [1.165, 1.54) is 7.05 Å². The van der Waals surface area contributed by atoms with Crippen LogP contribution in [0.1, 0.15) is 131 Å². The summed E-state index contributed by atoms with van der Waals surface area (Å²) in [6.45, 7) is 6.23. The van der Waals surface area contributed by atoms with Crippen molar-refractivity contribution in [3.05, 3.63) is 5.73 Å². The molecule has 74 heavy (non-hydrogen) atoms. The first kappa shape index (κ1) is 79.2. The number of carbonyl (C=O) groups is 8. The van der Waals surface area contributed by atoms with Crippen LogP contribution >= 0.6 is 0 Å². The minimum Gasteiger partial charge on any atom is -0.668 e. The zero-order valence-corrected chi connectivity index (χ0v) is 46.9. The van der Waals surface area contributed by atoms with Crippen molar-refractivity contribution in [1.29, 1.82) is 0 Å². The van der Waals surface area contributed by atoms with Crippen LogP contribution in [0.2, 0.25) is 0 Å². The van der Waals surface area contributed by atoms with Crippen molar-refractivity contribution in [3.8, 4) is 0 Å². The number of unbranched alkanes of at least 4 members (excludes halogenated alkanes) is 4. The van der Waals surface area contributed by atoms with E-state index < -0.39 is 28.6 Å². The smallest absolute Gasteiger partial charge is 0.222 e. The third kappa shape index (κ3) is 50.5. The van der Waals surface area contributed by atoms with Crippen molar-refractivity contribution in [1.82, 2.24) is 21.3 Å². The Balaban J connectivity index is -0.000000424. The maximum Gasteiger partial charge on any atom is 0.222 e. The normalized spacial score (nSPS) is 10.8. The molecule has 24 heteroatoms. The number of amides is 7. The van der Waals surface area contributed by atoms with Gasteiger partial charge in [-0.05, 0) is 57.8 Å². The van der Waals surface area contributed by atoms with E-state index in [2.05, 4.69) is 21.3 Å². The van der Waals surface area contributed by atoms with Crippen LogP contribution in [-0.4, -0.2) is 181 Å². The third-order valence-corrected chi connectivity index (χ3v) is 10.5. The first-order valence-corrected chi connectivity index (χ1v) is 24.8. The number of ether oxygens (including phenoxy) is 8. The van der Waals surface area contributed by atoms with Gasteiger partial charge in [-0.3, -0.25) is 33.6 Å². The van der Waals surface area contributed by atoms with Crippen LogP contribution in [0.3, 0.4) is 0 Å². The summed E-state index contributed by atoms with van der Waals surface area (Å²) in [6.07, 6.45) is 8.25. The summed E-state index contributed by atoms with van der Waals surface area (Å²) in [4.78, 5) is 90.1. The number of carbonyl (C=O) groups excluding carboxylic acids is 8. The fraction of sp³-hybridized carbons (Fsp3) is 0.840. The molecule has 23 nitrogen and oxygen atoms in total. The summed E-state index contributed by atoms with van der Waals surface area (Å²) in [5, 5.41) is 10.4. The number of hydrogen-bond donors (Lipinski definition) is 6. The maximum atomic E-state index is 11.5. The van der Waals surface area contributed by atoms with Gasteiger partial charge in [0.2, 0.25) is 35.4 Å². The standard InChI is InChI=1S/C28H54N4O8.C20H37N3O8.2CH4.W/c1-30-25(34)13-5-9-17-38-21-28(20-37-16-8-4-12-24(29)33,22-39-18-10-6-14-26(35)31-2)23-40-19-11-7-15-27(36)32-3;1-3-16(24)4-8-28-12-20(13-29-9-5-17(21)25,14-30-10-6-18(22)26)15-31-11-7-19(27)23-2;;;/h4-23H2,1-3H3,(H5,29,30,31,32,33,34,35,36);3-15H2,1-2H3,(H2,21,25)(H2,22,26)(H,23,27);2*1H4;/p-1. The van der Waals surface area contributed by atoms with Gasteiger partial charge in [0.05, 0.1) is 90.1 Å². The second-order valence-electron chi connectivity index (χ2n) is 17.2. The molecule has 0 saturated carbocycles. The average molecular weight is 1240 g/mol. The van der Waals surface area contributed by atoms with Crippen LogP contribution in [0.15, 0.2) is 0 Å². The van der Waals surface area contributed by atoms with E-state index in [9.17, 15) is 38.4 Å². The van der Waals surface area contributed by atoms with E-state index in [-0.39, 0.29) is 150 Å². The van der Waals surface area contributed by atoms with Gasteiger partial charge in [-0.25, -0.2) is 0 Å².